The molecule has 2 aromatic rings. The topological polar surface area (TPSA) is 0 Å². The third-order valence-electron chi connectivity index (χ3n) is 5.50. The second kappa shape index (κ2) is 5.85. The van der Waals surface area contributed by atoms with Crippen LogP contribution in [0.15, 0.2) is 60.7 Å². The van der Waals surface area contributed by atoms with Gasteiger partial charge in [-0.05, 0) is 60.1 Å². The van der Waals surface area contributed by atoms with E-state index in [9.17, 15) is 0 Å². The van der Waals surface area contributed by atoms with Crippen LogP contribution < -0.4 is 0 Å². The Labute approximate surface area is 139 Å². The van der Waals surface area contributed by atoms with E-state index < -0.39 is 0 Å². The van der Waals surface area contributed by atoms with Crippen LogP contribution in [-0.2, 0) is 0 Å². The van der Waals surface area contributed by atoms with Crippen molar-refractivity contribution in [3.63, 3.8) is 0 Å². The van der Waals surface area contributed by atoms with Gasteiger partial charge in [0.25, 0.3) is 0 Å². The van der Waals surface area contributed by atoms with Gasteiger partial charge in [0.15, 0.2) is 0 Å². The Morgan fingerprint density at radius 3 is 1.57 bits per heavy atom. The minimum atomic E-state index is 0.618. The molecule has 0 heteroatoms. The van der Waals surface area contributed by atoms with Gasteiger partial charge in [0.2, 0.25) is 0 Å². The lowest BCUT2D eigenvalue weighted by Crippen LogP contribution is -1.97. The molecule has 2 aliphatic carbocycles. The Morgan fingerprint density at radius 2 is 1.09 bits per heavy atom. The molecular formula is C23H24. The second-order valence-electron chi connectivity index (χ2n) is 7.02. The Morgan fingerprint density at radius 1 is 0.652 bits per heavy atom. The Balaban J connectivity index is 1.43. The SMILES string of the molecule is CC1=CC(CCCC2C=C(C)c3ccccc32)c2ccccc21. The summed E-state index contributed by atoms with van der Waals surface area (Å²) in [7, 11) is 0. The molecule has 0 heterocycles. The summed E-state index contributed by atoms with van der Waals surface area (Å²) in [5, 5.41) is 0. The van der Waals surface area contributed by atoms with Crippen molar-refractivity contribution in [1.29, 1.82) is 0 Å². The third-order valence-corrected chi connectivity index (χ3v) is 5.50. The van der Waals surface area contributed by atoms with Crippen LogP contribution in [-0.4, -0.2) is 0 Å². The Hall–Kier alpha value is -2.08. The fraction of sp³-hybridized carbons (Fsp3) is 0.304. The van der Waals surface area contributed by atoms with Crippen molar-refractivity contribution >= 4 is 11.1 Å². The molecule has 0 aromatic heterocycles. The Bertz CT molecular complexity index is 724. The highest BCUT2D eigenvalue weighted by molar-refractivity contribution is 5.74. The van der Waals surface area contributed by atoms with E-state index in [-0.39, 0.29) is 0 Å². The van der Waals surface area contributed by atoms with E-state index in [1.54, 1.807) is 0 Å². The molecule has 0 saturated heterocycles. The first-order chi connectivity index (χ1) is 11.2. The standard InChI is InChI=1S/C23H24/c1-16-14-18(22-12-5-3-10-20(16)22)8-7-9-19-15-17(2)21-11-4-6-13-23(19)21/h3-6,10-15,18-19H,7-9H2,1-2H3. The van der Waals surface area contributed by atoms with Crippen LogP contribution in [0.2, 0.25) is 0 Å². The summed E-state index contributed by atoms with van der Waals surface area (Å²) < 4.78 is 0. The molecule has 0 nitrogen and oxygen atoms in total. The minimum absolute atomic E-state index is 0.618. The Kier molecular flexibility index (Phi) is 3.69. The van der Waals surface area contributed by atoms with Gasteiger partial charge in [-0.15, -0.1) is 0 Å². The van der Waals surface area contributed by atoms with Crippen LogP contribution >= 0.6 is 0 Å². The van der Waals surface area contributed by atoms with E-state index in [1.165, 1.54) is 52.7 Å². The molecule has 4 rings (SSSR count). The highest BCUT2D eigenvalue weighted by Gasteiger charge is 2.23. The number of fused-ring (bicyclic) bond motifs is 2. The molecule has 0 spiro atoms. The van der Waals surface area contributed by atoms with Crippen LogP contribution in [0, 0.1) is 0 Å². The second-order valence-corrected chi connectivity index (χ2v) is 7.02. The molecule has 2 aliphatic rings. The molecule has 116 valence electrons. The van der Waals surface area contributed by atoms with E-state index in [2.05, 4.69) is 74.5 Å². The minimum Gasteiger partial charge on any atom is -0.0734 e. The molecule has 0 amide bonds. The normalized spacial score (nSPS) is 21.7. The van der Waals surface area contributed by atoms with Gasteiger partial charge in [-0.1, -0.05) is 67.1 Å². The molecule has 23 heavy (non-hydrogen) atoms. The largest absolute Gasteiger partial charge is 0.0734 e. The van der Waals surface area contributed by atoms with E-state index in [4.69, 9.17) is 0 Å². The molecule has 2 unspecified atom stereocenters. The molecule has 0 radical (unpaired) electrons. The van der Waals surface area contributed by atoms with Crippen LogP contribution in [0.5, 0.6) is 0 Å². The fourth-order valence-corrected chi connectivity index (χ4v) is 4.36. The first kappa shape index (κ1) is 14.5. The predicted molar refractivity (Wildman–Crippen MR) is 99.5 cm³/mol. The maximum Gasteiger partial charge on any atom is 0.00299 e. The van der Waals surface area contributed by atoms with E-state index in [1.807, 2.05) is 0 Å². The molecule has 0 N–H and O–H groups in total. The molecule has 0 fully saturated rings. The molecule has 0 bridgehead atoms. The number of allylic oxidation sites excluding steroid dienone is 4. The van der Waals surface area contributed by atoms with E-state index >= 15 is 0 Å². The van der Waals surface area contributed by atoms with Crippen molar-refractivity contribution < 1.29 is 0 Å². The van der Waals surface area contributed by atoms with E-state index in [0.717, 1.165) is 0 Å². The first-order valence-electron chi connectivity index (χ1n) is 8.79. The van der Waals surface area contributed by atoms with Gasteiger partial charge in [0.1, 0.15) is 0 Å². The highest BCUT2D eigenvalue weighted by atomic mass is 14.3. The van der Waals surface area contributed by atoms with Crippen molar-refractivity contribution in [3.8, 4) is 0 Å². The molecular weight excluding hydrogens is 276 g/mol. The lowest BCUT2D eigenvalue weighted by atomic mass is 9.90. The van der Waals surface area contributed by atoms with Crippen molar-refractivity contribution in [2.24, 2.45) is 0 Å². The van der Waals surface area contributed by atoms with Crippen molar-refractivity contribution in [1.82, 2.24) is 0 Å². The summed E-state index contributed by atoms with van der Waals surface area (Å²) >= 11 is 0. The molecule has 0 saturated carbocycles. The number of rotatable bonds is 4. The van der Waals surface area contributed by atoms with Gasteiger partial charge in [-0.3, -0.25) is 0 Å². The first-order valence-corrected chi connectivity index (χ1v) is 8.79. The summed E-state index contributed by atoms with van der Waals surface area (Å²) in [5.41, 5.74) is 8.88. The van der Waals surface area contributed by atoms with E-state index in [0.29, 0.717) is 11.8 Å². The van der Waals surface area contributed by atoms with Crippen LogP contribution in [0.1, 0.15) is 67.2 Å². The lowest BCUT2D eigenvalue weighted by Gasteiger charge is -2.14. The van der Waals surface area contributed by atoms with Gasteiger partial charge in [-0.25, -0.2) is 0 Å². The zero-order valence-corrected chi connectivity index (χ0v) is 14.0. The fourth-order valence-electron chi connectivity index (χ4n) is 4.36. The summed E-state index contributed by atoms with van der Waals surface area (Å²) in [4.78, 5) is 0. The number of benzene rings is 2. The zero-order chi connectivity index (χ0) is 15.8. The molecule has 2 aromatic carbocycles. The summed E-state index contributed by atoms with van der Waals surface area (Å²) in [5.74, 6) is 1.24. The van der Waals surface area contributed by atoms with Crippen molar-refractivity contribution in [2.75, 3.05) is 0 Å². The average molecular weight is 300 g/mol. The molecule has 2 atom stereocenters. The molecule has 0 aliphatic heterocycles. The van der Waals surface area contributed by atoms with Gasteiger partial charge in [-0.2, -0.15) is 0 Å². The van der Waals surface area contributed by atoms with Crippen molar-refractivity contribution in [3.05, 3.63) is 82.9 Å². The van der Waals surface area contributed by atoms with Gasteiger partial charge >= 0.3 is 0 Å². The predicted octanol–water partition coefficient (Wildman–Crippen LogP) is 6.56. The number of hydrogen-bond donors (Lipinski definition) is 0. The highest BCUT2D eigenvalue weighted by Crippen LogP contribution is 2.41. The summed E-state index contributed by atoms with van der Waals surface area (Å²) in [6.07, 6.45) is 8.74. The van der Waals surface area contributed by atoms with Crippen molar-refractivity contribution in [2.45, 2.75) is 44.9 Å². The van der Waals surface area contributed by atoms with Gasteiger partial charge in [0, 0.05) is 11.8 Å². The average Bonchev–Trinajstić information content (AvgIpc) is 3.07. The maximum atomic E-state index is 2.47. The smallest absolute Gasteiger partial charge is 0.00299 e. The lowest BCUT2D eigenvalue weighted by molar-refractivity contribution is 0.613. The van der Waals surface area contributed by atoms with Gasteiger partial charge < -0.3 is 0 Å². The van der Waals surface area contributed by atoms with Crippen LogP contribution in [0.3, 0.4) is 0 Å². The van der Waals surface area contributed by atoms with Crippen LogP contribution in [0.4, 0.5) is 0 Å². The monoisotopic (exact) mass is 300 g/mol. The summed E-state index contributed by atoms with van der Waals surface area (Å²) in [6, 6.07) is 17.8. The summed E-state index contributed by atoms with van der Waals surface area (Å²) in [6.45, 7) is 4.50. The third kappa shape index (κ3) is 2.57. The quantitative estimate of drug-likeness (QED) is 0.600. The van der Waals surface area contributed by atoms with Crippen LogP contribution in [0.25, 0.3) is 11.1 Å². The van der Waals surface area contributed by atoms with Gasteiger partial charge in [0.05, 0.1) is 0 Å². The zero-order valence-electron chi connectivity index (χ0n) is 14.0. The number of hydrogen-bond acceptors (Lipinski definition) is 0. The maximum absolute atomic E-state index is 2.47.